The van der Waals surface area contributed by atoms with Crippen molar-refractivity contribution in [2.75, 3.05) is 12.5 Å². The van der Waals surface area contributed by atoms with Gasteiger partial charge in [-0.1, -0.05) is 52.2 Å². The van der Waals surface area contributed by atoms with Crippen LogP contribution in [0.2, 0.25) is 18.1 Å². The minimum Gasteiger partial charge on any atom is -0.417 e. The number of rotatable bonds is 10. The van der Waals surface area contributed by atoms with E-state index >= 15 is 0 Å². The van der Waals surface area contributed by atoms with Gasteiger partial charge in [0.15, 0.2) is 8.32 Å². The molecule has 0 fully saturated rings. The van der Waals surface area contributed by atoms with E-state index in [0.717, 1.165) is 6.61 Å². The molecule has 0 bridgehead atoms. The van der Waals surface area contributed by atoms with E-state index in [1.165, 1.54) is 38.5 Å². The Labute approximate surface area is 126 Å². The van der Waals surface area contributed by atoms with E-state index in [4.69, 9.17) is 16.0 Å². The van der Waals surface area contributed by atoms with Crippen LogP contribution in [0.25, 0.3) is 0 Å². The largest absolute Gasteiger partial charge is 0.417 e. The molecule has 0 N–H and O–H groups in total. The molecule has 0 atom stereocenters. The topological polar surface area (TPSA) is 9.23 Å². The number of alkyl halides is 1. The van der Waals surface area contributed by atoms with Crippen molar-refractivity contribution in [3.8, 4) is 0 Å². The van der Waals surface area contributed by atoms with Gasteiger partial charge in [0.2, 0.25) is 0 Å². The van der Waals surface area contributed by atoms with Gasteiger partial charge in [0.1, 0.15) is 0 Å². The van der Waals surface area contributed by atoms with Crippen molar-refractivity contribution in [3.63, 3.8) is 0 Å². The zero-order chi connectivity index (χ0) is 14.8. The number of hydrogen-bond acceptors (Lipinski definition) is 1. The van der Waals surface area contributed by atoms with Crippen molar-refractivity contribution in [1.29, 1.82) is 0 Å². The molecule has 114 valence electrons. The Morgan fingerprint density at radius 1 is 0.947 bits per heavy atom. The minimum atomic E-state index is -1.52. The molecule has 0 saturated carbocycles. The third kappa shape index (κ3) is 9.70. The second-order valence-electron chi connectivity index (χ2n) is 6.79. The Hall–Kier alpha value is 0.207. The van der Waals surface area contributed by atoms with Crippen LogP contribution in [-0.4, -0.2) is 20.8 Å². The summed E-state index contributed by atoms with van der Waals surface area (Å²) < 4.78 is 6.17. The van der Waals surface area contributed by atoms with Gasteiger partial charge >= 0.3 is 0 Å². The maximum atomic E-state index is 6.17. The Morgan fingerprint density at radius 3 is 2.11 bits per heavy atom. The average molecular weight is 305 g/mol. The maximum absolute atomic E-state index is 6.17. The fourth-order valence-electron chi connectivity index (χ4n) is 1.62. The van der Waals surface area contributed by atoms with Crippen LogP contribution in [0, 0.1) is 0 Å². The number of halogens is 1. The van der Waals surface area contributed by atoms with Crippen LogP contribution in [0.5, 0.6) is 0 Å². The molecule has 19 heavy (non-hydrogen) atoms. The molecule has 0 aromatic carbocycles. The van der Waals surface area contributed by atoms with Gasteiger partial charge in [0.05, 0.1) is 0 Å². The van der Waals surface area contributed by atoms with Crippen LogP contribution in [0.3, 0.4) is 0 Å². The highest BCUT2D eigenvalue weighted by molar-refractivity contribution is 6.74. The summed E-state index contributed by atoms with van der Waals surface area (Å²) in [5.74, 6) is 0.644. The van der Waals surface area contributed by atoms with Gasteiger partial charge < -0.3 is 4.43 Å². The first-order chi connectivity index (χ1) is 8.81. The van der Waals surface area contributed by atoms with Gasteiger partial charge in [-0.3, -0.25) is 0 Å². The second-order valence-corrected chi connectivity index (χ2v) is 11.9. The molecule has 0 unspecified atom stereocenters. The molecule has 1 nitrogen and oxygen atoms in total. The lowest BCUT2D eigenvalue weighted by Crippen LogP contribution is -2.40. The van der Waals surface area contributed by atoms with E-state index in [-0.39, 0.29) is 0 Å². The van der Waals surface area contributed by atoms with E-state index < -0.39 is 8.32 Å². The van der Waals surface area contributed by atoms with E-state index in [1.54, 1.807) is 0 Å². The standard InChI is InChI=1S/C16H33ClOSi/c1-16(2,3)19(4,5)18-15-13-11-9-7-6-8-10-12-14-17/h10,12H,6-9,11,13-15H2,1-5H3/b12-10+. The van der Waals surface area contributed by atoms with Crippen molar-refractivity contribution in [2.45, 2.75) is 77.4 Å². The fourth-order valence-corrected chi connectivity index (χ4v) is 2.83. The first kappa shape index (κ1) is 19.2. The fraction of sp³-hybridized carbons (Fsp3) is 0.875. The van der Waals surface area contributed by atoms with Gasteiger partial charge in [-0.05, 0) is 37.4 Å². The quantitative estimate of drug-likeness (QED) is 0.204. The number of hydrogen-bond donors (Lipinski definition) is 0. The summed E-state index contributed by atoms with van der Waals surface area (Å²) in [7, 11) is -1.52. The predicted octanol–water partition coefficient (Wildman–Crippen LogP) is 6.14. The lowest BCUT2D eigenvalue weighted by molar-refractivity contribution is 0.277. The lowest BCUT2D eigenvalue weighted by Gasteiger charge is -2.36. The highest BCUT2D eigenvalue weighted by Gasteiger charge is 2.36. The molecule has 3 heteroatoms. The zero-order valence-electron chi connectivity index (χ0n) is 13.6. The molecule has 0 aromatic heterocycles. The molecule has 0 aromatic rings. The molecular formula is C16H33ClOSi. The molecule has 0 aliphatic heterocycles. The van der Waals surface area contributed by atoms with Crippen molar-refractivity contribution < 1.29 is 4.43 Å². The SMILES string of the molecule is CC(C)(C)[Si](C)(C)OCCCCCCC/C=C/CCl. The van der Waals surface area contributed by atoms with Crippen LogP contribution in [0.1, 0.15) is 59.3 Å². The summed E-state index contributed by atoms with van der Waals surface area (Å²) in [5, 5.41) is 0.335. The van der Waals surface area contributed by atoms with Crippen LogP contribution in [0.4, 0.5) is 0 Å². The smallest absolute Gasteiger partial charge is 0.191 e. The van der Waals surface area contributed by atoms with Crippen molar-refractivity contribution >= 4 is 19.9 Å². The third-order valence-corrected chi connectivity index (χ3v) is 8.76. The molecule has 0 spiro atoms. The molecular weight excluding hydrogens is 272 g/mol. The van der Waals surface area contributed by atoms with Gasteiger partial charge in [0, 0.05) is 12.5 Å². The van der Waals surface area contributed by atoms with Gasteiger partial charge in [-0.25, -0.2) is 0 Å². The second kappa shape index (κ2) is 10.0. The molecule has 0 heterocycles. The van der Waals surface area contributed by atoms with Gasteiger partial charge in [0.25, 0.3) is 0 Å². The summed E-state index contributed by atoms with van der Waals surface area (Å²) in [6.45, 7) is 12.5. The predicted molar refractivity (Wildman–Crippen MR) is 90.7 cm³/mol. The molecule has 0 aliphatic rings. The Kier molecular flexibility index (Phi) is 10.1. The normalized spacial score (nSPS) is 13.4. The monoisotopic (exact) mass is 304 g/mol. The maximum Gasteiger partial charge on any atom is 0.191 e. The van der Waals surface area contributed by atoms with Crippen molar-refractivity contribution in [3.05, 3.63) is 12.2 Å². The molecule has 0 radical (unpaired) electrons. The van der Waals surface area contributed by atoms with E-state index in [1.807, 2.05) is 6.08 Å². The summed E-state index contributed by atoms with van der Waals surface area (Å²) >= 11 is 5.57. The molecule has 0 aliphatic carbocycles. The highest BCUT2D eigenvalue weighted by atomic mass is 35.5. The Balaban J connectivity index is 3.44. The minimum absolute atomic E-state index is 0.335. The van der Waals surface area contributed by atoms with Crippen LogP contribution in [-0.2, 0) is 4.43 Å². The average Bonchev–Trinajstić information content (AvgIpc) is 2.30. The van der Waals surface area contributed by atoms with Crippen LogP contribution in [0.15, 0.2) is 12.2 Å². The highest BCUT2D eigenvalue weighted by Crippen LogP contribution is 2.36. The molecule has 0 rings (SSSR count). The molecule has 0 amide bonds. The van der Waals surface area contributed by atoms with Crippen molar-refractivity contribution in [2.24, 2.45) is 0 Å². The third-order valence-electron chi connectivity index (χ3n) is 4.04. The summed E-state index contributed by atoms with van der Waals surface area (Å²) in [5.41, 5.74) is 0. The lowest BCUT2D eigenvalue weighted by atomic mass is 10.1. The van der Waals surface area contributed by atoms with E-state index in [9.17, 15) is 0 Å². The first-order valence-electron chi connectivity index (χ1n) is 7.66. The number of unbranched alkanes of at least 4 members (excludes halogenated alkanes) is 5. The first-order valence-corrected chi connectivity index (χ1v) is 11.1. The Bertz CT molecular complexity index is 244. The van der Waals surface area contributed by atoms with Crippen molar-refractivity contribution in [1.82, 2.24) is 0 Å². The van der Waals surface area contributed by atoms with Crippen LogP contribution >= 0.6 is 11.6 Å². The zero-order valence-corrected chi connectivity index (χ0v) is 15.4. The molecule has 0 saturated heterocycles. The Morgan fingerprint density at radius 2 is 1.53 bits per heavy atom. The summed E-state index contributed by atoms with van der Waals surface area (Å²) in [6, 6.07) is 0. The number of allylic oxidation sites excluding steroid dienone is 2. The van der Waals surface area contributed by atoms with Gasteiger partial charge in [-0.2, -0.15) is 0 Å². The van der Waals surface area contributed by atoms with Gasteiger partial charge in [-0.15, -0.1) is 11.6 Å². The summed E-state index contributed by atoms with van der Waals surface area (Å²) in [6.07, 6.45) is 11.9. The van der Waals surface area contributed by atoms with E-state index in [0.29, 0.717) is 10.9 Å². The van der Waals surface area contributed by atoms with Crippen LogP contribution < -0.4 is 0 Å². The summed E-state index contributed by atoms with van der Waals surface area (Å²) in [4.78, 5) is 0. The van der Waals surface area contributed by atoms with E-state index in [2.05, 4.69) is 39.9 Å².